The Morgan fingerprint density at radius 1 is 0.955 bits per heavy atom. The molecule has 1 aliphatic carbocycles. The maximum Gasteiger partial charge on any atom is 0.347 e. The van der Waals surface area contributed by atoms with Crippen LogP contribution in [0.3, 0.4) is 0 Å². The summed E-state index contributed by atoms with van der Waals surface area (Å²) in [4.78, 5) is 55.9. The number of amides is 2. The van der Waals surface area contributed by atoms with Crippen LogP contribution in [-0.2, 0) is 28.6 Å². The van der Waals surface area contributed by atoms with Gasteiger partial charge in [0.1, 0.15) is 0 Å². The van der Waals surface area contributed by atoms with Gasteiger partial charge in [-0.3, -0.25) is 15.0 Å². The van der Waals surface area contributed by atoms with E-state index < -0.39 is 46.5 Å². The van der Waals surface area contributed by atoms with E-state index in [1.807, 2.05) is 55.5 Å². The molecule has 11 heteroatoms. The van der Waals surface area contributed by atoms with Crippen LogP contribution in [0.5, 0.6) is 11.5 Å². The van der Waals surface area contributed by atoms with Crippen molar-refractivity contribution in [2.75, 3.05) is 12.5 Å². The number of hydrazine groups is 1. The summed E-state index contributed by atoms with van der Waals surface area (Å²) in [5, 5.41) is 11.6. The third-order valence-corrected chi connectivity index (χ3v) is 9.38. The van der Waals surface area contributed by atoms with Gasteiger partial charge in [-0.05, 0) is 54.3 Å². The number of carbonyl (C=O) groups excluding carboxylic acids is 2. The molecule has 1 saturated carbocycles. The van der Waals surface area contributed by atoms with Gasteiger partial charge in [0.2, 0.25) is 0 Å². The number of methoxy groups -OCH3 is 1. The predicted octanol–water partition coefficient (Wildman–Crippen LogP) is 2.99. The van der Waals surface area contributed by atoms with Crippen molar-refractivity contribution >= 4 is 17.5 Å². The fraction of sp³-hybridized carbons (Fsp3) is 0.273. The lowest BCUT2D eigenvalue weighted by molar-refractivity contribution is -0.138. The molecule has 4 unspecified atom stereocenters. The first-order valence-electron chi connectivity index (χ1n) is 14.4. The molecule has 0 bridgehead atoms. The molecule has 224 valence electrons. The summed E-state index contributed by atoms with van der Waals surface area (Å²) in [6.45, 7) is 2.07. The first-order chi connectivity index (χ1) is 21.2. The second-order valence-corrected chi connectivity index (χ2v) is 11.6. The van der Waals surface area contributed by atoms with Gasteiger partial charge < -0.3 is 9.84 Å². The molecule has 2 fully saturated rings. The van der Waals surface area contributed by atoms with Crippen LogP contribution in [0.4, 0.5) is 5.69 Å². The monoisotopic (exact) mass is 593 g/mol. The third kappa shape index (κ3) is 3.68. The van der Waals surface area contributed by atoms with Gasteiger partial charge in [0, 0.05) is 13.0 Å². The van der Waals surface area contributed by atoms with Crippen molar-refractivity contribution in [1.82, 2.24) is 18.9 Å². The summed E-state index contributed by atoms with van der Waals surface area (Å²) in [5.41, 5.74) is 4.33. The van der Waals surface area contributed by atoms with Crippen LogP contribution in [0.2, 0.25) is 0 Å². The Labute approximate surface area is 252 Å². The first-order valence-corrected chi connectivity index (χ1v) is 14.4. The summed E-state index contributed by atoms with van der Waals surface area (Å²) >= 11 is 0. The van der Waals surface area contributed by atoms with E-state index in [-0.39, 0.29) is 24.5 Å². The number of aromatic nitrogens is 3. The number of benzene rings is 3. The van der Waals surface area contributed by atoms with Crippen LogP contribution in [-0.4, -0.2) is 43.0 Å². The molecular formula is C33H31N5O6. The van der Waals surface area contributed by atoms with Crippen molar-refractivity contribution in [2.45, 2.75) is 37.3 Å². The van der Waals surface area contributed by atoms with Gasteiger partial charge >= 0.3 is 11.4 Å². The zero-order valence-corrected chi connectivity index (χ0v) is 24.4. The smallest absolute Gasteiger partial charge is 0.347 e. The minimum absolute atomic E-state index is 0.0730. The third-order valence-electron chi connectivity index (χ3n) is 9.38. The van der Waals surface area contributed by atoms with Crippen LogP contribution in [0.1, 0.15) is 35.1 Å². The molecule has 11 nitrogen and oxygen atoms in total. The van der Waals surface area contributed by atoms with Crippen LogP contribution in [0.15, 0.2) is 94.0 Å². The molecule has 1 aromatic heterocycles. The number of phenolic OH excluding ortho intramolecular Hbond substituents is 1. The van der Waals surface area contributed by atoms with E-state index in [4.69, 9.17) is 4.74 Å². The molecule has 4 aromatic rings. The maximum atomic E-state index is 15.0. The minimum Gasteiger partial charge on any atom is -0.504 e. The van der Waals surface area contributed by atoms with Crippen molar-refractivity contribution in [3.8, 4) is 11.5 Å². The molecule has 0 spiro atoms. The van der Waals surface area contributed by atoms with E-state index in [0.29, 0.717) is 16.8 Å². The molecule has 4 atom stereocenters. The van der Waals surface area contributed by atoms with Crippen molar-refractivity contribution in [2.24, 2.45) is 13.0 Å². The van der Waals surface area contributed by atoms with Gasteiger partial charge in [-0.2, -0.15) is 5.01 Å². The van der Waals surface area contributed by atoms with E-state index >= 15 is 4.79 Å². The van der Waals surface area contributed by atoms with Crippen molar-refractivity contribution in [1.29, 1.82) is 0 Å². The predicted molar refractivity (Wildman–Crippen MR) is 161 cm³/mol. The number of allylic oxidation sites excluding steroid dienone is 2. The largest absolute Gasteiger partial charge is 0.504 e. The Balaban J connectivity index is 1.51. The van der Waals surface area contributed by atoms with Gasteiger partial charge in [0.25, 0.3) is 11.8 Å². The summed E-state index contributed by atoms with van der Waals surface area (Å²) in [6, 6.07) is 20.8. The Kier molecular flexibility index (Phi) is 6.17. The van der Waals surface area contributed by atoms with Gasteiger partial charge in [-0.15, -0.1) is 0 Å². The molecule has 44 heavy (non-hydrogen) atoms. The highest BCUT2D eigenvalue weighted by molar-refractivity contribution is 6.12. The average Bonchev–Trinajstić information content (AvgIpc) is 3.39. The maximum absolute atomic E-state index is 15.0. The van der Waals surface area contributed by atoms with Crippen LogP contribution in [0.25, 0.3) is 0 Å². The van der Waals surface area contributed by atoms with E-state index in [2.05, 4.69) is 5.43 Å². The number of rotatable bonds is 5. The second-order valence-electron chi connectivity index (χ2n) is 11.6. The highest BCUT2D eigenvalue weighted by Gasteiger charge is 2.68. The van der Waals surface area contributed by atoms with Gasteiger partial charge in [-0.1, -0.05) is 60.2 Å². The molecule has 7 rings (SSSR count). The second kappa shape index (κ2) is 9.87. The number of nitrogens with zero attached hydrogens (tertiary/aromatic N) is 4. The van der Waals surface area contributed by atoms with Gasteiger partial charge in [0.15, 0.2) is 11.5 Å². The molecule has 2 amide bonds. The Morgan fingerprint density at radius 3 is 2.39 bits per heavy atom. The highest BCUT2D eigenvalue weighted by Crippen LogP contribution is 2.62. The number of hydrogen-bond acceptors (Lipinski definition) is 7. The summed E-state index contributed by atoms with van der Waals surface area (Å²) in [6.07, 6.45) is 2.01. The quantitative estimate of drug-likeness (QED) is 0.269. The number of carbonyl (C=O) groups is 2. The Hall–Kier alpha value is -5.32. The van der Waals surface area contributed by atoms with Crippen molar-refractivity contribution in [3.05, 3.63) is 122 Å². The molecule has 2 N–H and O–H groups in total. The van der Waals surface area contributed by atoms with Gasteiger partial charge in [0.05, 0.1) is 36.7 Å². The fourth-order valence-electron chi connectivity index (χ4n) is 7.37. The molecule has 2 aliphatic heterocycles. The number of aromatic hydroxyl groups is 1. The molecule has 3 aromatic carbocycles. The zero-order valence-electron chi connectivity index (χ0n) is 24.4. The van der Waals surface area contributed by atoms with Crippen LogP contribution >= 0.6 is 0 Å². The number of aryl methyl sites for hydroxylation is 1. The zero-order chi connectivity index (χ0) is 30.9. The number of nitrogens with one attached hydrogen (secondary N) is 1. The number of anilines is 1. The summed E-state index contributed by atoms with van der Waals surface area (Å²) in [7, 11) is 2.87. The SMILES string of the molecule is COc1cc(C2C3=CCn4c(=O)n(C)c(=O)n4C3CC3C(=O)N(Nc4ccc(C)cc4)C(=O)C32c2ccccc2)ccc1O. The van der Waals surface area contributed by atoms with Crippen molar-refractivity contribution < 1.29 is 19.4 Å². The van der Waals surface area contributed by atoms with E-state index in [1.54, 1.807) is 24.3 Å². The average molecular weight is 594 g/mol. The Bertz CT molecular complexity index is 1970. The molecule has 3 aliphatic rings. The number of ether oxygens (including phenoxy) is 1. The molecule has 3 heterocycles. The molecule has 0 radical (unpaired) electrons. The Morgan fingerprint density at radius 2 is 1.68 bits per heavy atom. The minimum atomic E-state index is -1.42. The number of hydrogen-bond donors (Lipinski definition) is 2. The number of fused-ring (bicyclic) bond motifs is 4. The standard InChI is InChI=1S/C33H31N5O6/c1-19-9-12-22(13-10-19)34-37-29(40)24-18-25-23(15-16-36-31(42)35(2)32(43)38(25)36)28(20-11-14-26(39)27(17-20)44-3)33(24,30(37)41)21-7-5-4-6-8-21/h4-15,17,24-25,28,34,39H,16,18H2,1-3H3. The fourth-order valence-corrected chi connectivity index (χ4v) is 7.37. The summed E-state index contributed by atoms with van der Waals surface area (Å²) in [5.74, 6) is -2.38. The molecular weight excluding hydrogens is 562 g/mol. The lowest BCUT2D eigenvalue weighted by Gasteiger charge is -2.49. The van der Waals surface area contributed by atoms with E-state index in [1.165, 1.54) is 29.6 Å². The topological polar surface area (TPSA) is 128 Å². The van der Waals surface area contributed by atoms with E-state index in [0.717, 1.165) is 20.7 Å². The highest BCUT2D eigenvalue weighted by atomic mass is 16.5. The van der Waals surface area contributed by atoms with Crippen molar-refractivity contribution in [3.63, 3.8) is 0 Å². The van der Waals surface area contributed by atoms with Crippen LogP contribution < -0.4 is 21.5 Å². The number of phenols is 1. The lowest BCUT2D eigenvalue weighted by Crippen LogP contribution is -2.53. The first kappa shape index (κ1) is 27.5. The van der Waals surface area contributed by atoms with E-state index in [9.17, 15) is 19.5 Å². The normalized spacial score (nSPS) is 23.9. The van der Waals surface area contributed by atoms with Crippen LogP contribution in [0, 0.1) is 12.8 Å². The summed E-state index contributed by atoms with van der Waals surface area (Å²) < 4.78 is 9.32. The number of imide groups is 1. The van der Waals surface area contributed by atoms with Gasteiger partial charge in [-0.25, -0.2) is 23.5 Å². The lowest BCUT2D eigenvalue weighted by atomic mass is 9.53. The molecule has 1 saturated heterocycles.